The van der Waals surface area contributed by atoms with E-state index in [0.717, 1.165) is 25.2 Å². The molecule has 92 valence electrons. The highest BCUT2D eigenvalue weighted by Gasteiger charge is 2.30. The highest BCUT2D eigenvalue weighted by Crippen LogP contribution is 2.26. The Labute approximate surface area is 104 Å². The van der Waals surface area contributed by atoms with Crippen LogP contribution in [0.1, 0.15) is 19.3 Å². The SMILES string of the molecule is O=c1[nH]ncc(N2CCC3CCC(C2)N3)c1Cl. The van der Waals surface area contributed by atoms with Gasteiger partial charge in [-0.15, -0.1) is 0 Å². The maximum absolute atomic E-state index is 11.4. The number of aromatic amines is 1. The zero-order chi connectivity index (χ0) is 11.8. The molecule has 0 spiro atoms. The maximum atomic E-state index is 11.4. The van der Waals surface area contributed by atoms with Gasteiger partial charge in [0.25, 0.3) is 5.56 Å². The molecule has 0 saturated carbocycles. The summed E-state index contributed by atoms with van der Waals surface area (Å²) >= 11 is 6.04. The van der Waals surface area contributed by atoms with Crippen LogP contribution in [0, 0.1) is 0 Å². The molecule has 17 heavy (non-hydrogen) atoms. The predicted octanol–water partition coefficient (Wildman–Crippen LogP) is 0.754. The van der Waals surface area contributed by atoms with Crippen molar-refractivity contribution >= 4 is 17.3 Å². The first-order chi connectivity index (χ1) is 8.24. The van der Waals surface area contributed by atoms with Crippen LogP contribution in [-0.2, 0) is 0 Å². The minimum atomic E-state index is -0.313. The zero-order valence-corrected chi connectivity index (χ0v) is 10.2. The lowest BCUT2D eigenvalue weighted by Crippen LogP contribution is -2.36. The molecule has 0 aliphatic carbocycles. The highest BCUT2D eigenvalue weighted by atomic mass is 35.5. The van der Waals surface area contributed by atoms with Crippen LogP contribution in [0.2, 0.25) is 5.02 Å². The Kier molecular flexibility index (Phi) is 2.80. The summed E-state index contributed by atoms with van der Waals surface area (Å²) in [6.07, 6.45) is 5.21. The van der Waals surface area contributed by atoms with E-state index in [-0.39, 0.29) is 10.6 Å². The number of halogens is 1. The van der Waals surface area contributed by atoms with Crippen LogP contribution in [0.3, 0.4) is 0 Å². The van der Waals surface area contributed by atoms with Crippen molar-refractivity contribution in [3.63, 3.8) is 0 Å². The Balaban J connectivity index is 1.88. The van der Waals surface area contributed by atoms with Crippen molar-refractivity contribution in [2.45, 2.75) is 31.3 Å². The molecule has 2 N–H and O–H groups in total. The second-order valence-electron chi connectivity index (χ2n) is 4.77. The number of nitrogens with zero attached hydrogens (tertiary/aromatic N) is 2. The van der Waals surface area contributed by atoms with Crippen LogP contribution >= 0.6 is 11.6 Å². The largest absolute Gasteiger partial charge is 0.367 e. The van der Waals surface area contributed by atoms with E-state index in [4.69, 9.17) is 11.6 Å². The molecule has 2 aliphatic rings. The molecule has 3 rings (SSSR count). The van der Waals surface area contributed by atoms with E-state index in [1.807, 2.05) is 0 Å². The molecule has 1 aromatic heterocycles. The molecule has 2 atom stereocenters. The molecule has 2 aliphatic heterocycles. The van der Waals surface area contributed by atoms with E-state index in [0.29, 0.717) is 12.1 Å². The van der Waals surface area contributed by atoms with Crippen molar-refractivity contribution in [2.24, 2.45) is 0 Å². The summed E-state index contributed by atoms with van der Waals surface area (Å²) in [4.78, 5) is 13.6. The number of hydrogen-bond acceptors (Lipinski definition) is 4. The summed E-state index contributed by atoms with van der Waals surface area (Å²) in [5, 5.41) is 10.0. The maximum Gasteiger partial charge on any atom is 0.285 e. The number of rotatable bonds is 1. The third-order valence-electron chi connectivity index (χ3n) is 3.64. The van der Waals surface area contributed by atoms with Crippen molar-refractivity contribution in [2.75, 3.05) is 18.0 Å². The lowest BCUT2D eigenvalue weighted by Gasteiger charge is -2.26. The molecule has 2 saturated heterocycles. The quantitative estimate of drug-likeness (QED) is 0.777. The van der Waals surface area contributed by atoms with Gasteiger partial charge >= 0.3 is 0 Å². The molecule has 1 aromatic rings. The summed E-state index contributed by atoms with van der Waals surface area (Å²) < 4.78 is 0. The van der Waals surface area contributed by atoms with E-state index in [9.17, 15) is 4.79 Å². The summed E-state index contributed by atoms with van der Waals surface area (Å²) in [7, 11) is 0. The summed E-state index contributed by atoms with van der Waals surface area (Å²) in [6, 6.07) is 1.14. The molecule has 2 bridgehead atoms. The van der Waals surface area contributed by atoms with Gasteiger partial charge in [0.05, 0.1) is 11.9 Å². The van der Waals surface area contributed by atoms with Gasteiger partial charge in [-0.1, -0.05) is 11.6 Å². The van der Waals surface area contributed by atoms with Crippen molar-refractivity contribution in [1.82, 2.24) is 15.5 Å². The van der Waals surface area contributed by atoms with Crippen LogP contribution in [-0.4, -0.2) is 35.4 Å². The number of fused-ring (bicyclic) bond motifs is 2. The van der Waals surface area contributed by atoms with Gasteiger partial charge < -0.3 is 10.2 Å². The molecule has 2 unspecified atom stereocenters. The van der Waals surface area contributed by atoms with Crippen LogP contribution in [0.25, 0.3) is 0 Å². The van der Waals surface area contributed by atoms with Gasteiger partial charge in [0.15, 0.2) is 0 Å². The Bertz CT molecular complexity index is 475. The lowest BCUT2D eigenvalue weighted by atomic mass is 10.1. The Morgan fingerprint density at radius 2 is 2.18 bits per heavy atom. The topological polar surface area (TPSA) is 61.0 Å². The fraction of sp³-hybridized carbons (Fsp3) is 0.636. The van der Waals surface area contributed by atoms with E-state index in [1.54, 1.807) is 6.20 Å². The average molecular weight is 255 g/mol. The number of hydrogen-bond donors (Lipinski definition) is 2. The minimum absolute atomic E-state index is 0.248. The molecule has 0 amide bonds. The Morgan fingerprint density at radius 1 is 1.35 bits per heavy atom. The van der Waals surface area contributed by atoms with Crippen LogP contribution in [0.15, 0.2) is 11.0 Å². The minimum Gasteiger partial charge on any atom is -0.367 e. The van der Waals surface area contributed by atoms with E-state index in [2.05, 4.69) is 20.4 Å². The van der Waals surface area contributed by atoms with Crippen molar-refractivity contribution in [3.8, 4) is 0 Å². The smallest absolute Gasteiger partial charge is 0.285 e. The fourth-order valence-electron chi connectivity index (χ4n) is 2.76. The third kappa shape index (κ3) is 2.05. The zero-order valence-electron chi connectivity index (χ0n) is 9.45. The van der Waals surface area contributed by atoms with E-state index in [1.165, 1.54) is 12.8 Å². The highest BCUT2D eigenvalue weighted by molar-refractivity contribution is 6.32. The Hall–Kier alpha value is -1.07. The van der Waals surface area contributed by atoms with Gasteiger partial charge in [0.2, 0.25) is 0 Å². The summed E-state index contributed by atoms with van der Waals surface area (Å²) in [6.45, 7) is 1.83. The predicted molar refractivity (Wildman–Crippen MR) is 66.6 cm³/mol. The first kappa shape index (κ1) is 11.0. The van der Waals surface area contributed by atoms with Crippen LogP contribution < -0.4 is 15.8 Å². The number of anilines is 1. The van der Waals surface area contributed by atoms with Gasteiger partial charge in [-0.2, -0.15) is 5.10 Å². The second kappa shape index (κ2) is 4.31. The molecular weight excluding hydrogens is 240 g/mol. The summed E-state index contributed by atoms with van der Waals surface area (Å²) in [5.74, 6) is 0. The van der Waals surface area contributed by atoms with E-state index < -0.39 is 0 Å². The van der Waals surface area contributed by atoms with Gasteiger partial charge in [-0.05, 0) is 19.3 Å². The van der Waals surface area contributed by atoms with Crippen LogP contribution in [0.5, 0.6) is 0 Å². The fourth-order valence-corrected chi connectivity index (χ4v) is 2.97. The monoisotopic (exact) mass is 254 g/mol. The van der Waals surface area contributed by atoms with E-state index >= 15 is 0 Å². The van der Waals surface area contributed by atoms with Gasteiger partial charge in [-0.3, -0.25) is 4.79 Å². The first-order valence-corrected chi connectivity index (χ1v) is 6.36. The third-order valence-corrected chi connectivity index (χ3v) is 4.01. The van der Waals surface area contributed by atoms with Gasteiger partial charge in [0.1, 0.15) is 5.02 Å². The van der Waals surface area contributed by atoms with Crippen molar-refractivity contribution in [1.29, 1.82) is 0 Å². The number of aromatic nitrogens is 2. The Morgan fingerprint density at radius 3 is 3.06 bits per heavy atom. The average Bonchev–Trinajstić information content (AvgIpc) is 2.63. The summed E-state index contributed by atoms with van der Waals surface area (Å²) in [5.41, 5.74) is 0.441. The molecule has 3 heterocycles. The first-order valence-electron chi connectivity index (χ1n) is 5.98. The number of H-pyrrole nitrogens is 1. The lowest BCUT2D eigenvalue weighted by molar-refractivity contribution is 0.563. The molecule has 0 aromatic carbocycles. The molecule has 2 fully saturated rings. The standard InChI is InChI=1S/C11H15ClN4O/c12-10-9(5-13-15-11(10)17)16-4-3-7-1-2-8(6-16)14-7/h5,7-8,14H,1-4,6H2,(H,15,17). The molecule has 0 radical (unpaired) electrons. The number of nitrogens with one attached hydrogen (secondary N) is 2. The van der Waals surface area contributed by atoms with Crippen molar-refractivity contribution in [3.05, 3.63) is 21.6 Å². The molecule has 5 nitrogen and oxygen atoms in total. The molecule has 6 heteroatoms. The van der Waals surface area contributed by atoms with Crippen LogP contribution in [0.4, 0.5) is 5.69 Å². The molecular formula is C11H15ClN4O. The van der Waals surface area contributed by atoms with Gasteiger partial charge in [0, 0.05) is 25.2 Å². The normalized spacial score (nSPS) is 28.2. The van der Waals surface area contributed by atoms with Gasteiger partial charge in [-0.25, -0.2) is 5.10 Å². The second-order valence-corrected chi connectivity index (χ2v) is 5.15. The van der Waals surface area contributed by atoms with Crippen molar-refractivity contribution < 1.29 is 0 Å².